The molecule has 5 heteroatoms. The molecule has 1 atom stereocenters. The average molecular weight is 282 g/mol. The number of hydrogen-bond donors (Lipinski definition) is 3. The Morgan fingerprint density at radius 1 is 1.20 bits per heavy atom. The topological polar surface area (TPSA) is 78.4 Å². The molecule has 0 aromatic carbocycles. The second-order valence-corrected chi connectivity index (χ2v) is 6.49. The first-order chi connectivity index (χ1) is 9.51. The largest absolute Gasteiger partial charge is 0.481 e. The molecule has 2 saturated carbocycles. The molecule has 0 aliphatic heterocycles. The molecule has 0 bridgehead atoms. The number of urea groups is 1. The van der Waals surface area contributed by atoms with Crippen molar-refractivity contribution in [2.24, 2.45) is 5.92 Å². The maximum Gasteiger partial charge on any atom is 0.315 e. The summed E-state index contributed by atoms with van der Waals surface area (Å²) in [4.78, 5) is 23.2. The zero-order valence-corrected chi connectivity index (χ0v) is 12.3. The fraction of sp³-hybridized carbons (Fsp3) is 0.867. The number of carbonyl (C=O) groups excluding carboxylic acids is 1. The molecule has 0 radical (unpaired) electrons. The highest BCUT2D eigenvalue weighted by molar-refractivity contribution is 5.77. The van der Waals surface area contributed by atoms with Crippen molar-refractivity contribution in [1.29, 1.82) is 0 Å². The lowest BCUT2D eigenvalue weighted by Crippen LogP contribution is -2.56. The molecule has 2 aliphatic carbocycles. The third-order valence-electron chi connectivity index (χ3n) is 4.89. The summed E-state index contributed by atoms with van der Waals surface area (Å²) in [5, 5.41) is 15.0. The number of aliphatic carboxylic acids is 1. The number of carboxylic acid groups (broad SMARTS) is 1. The van der Waals surface area contributed by atoms with E-state index in [1.165, 1.54) is 19.3 Å². The van der Waals surface area contributed by atoms with E-state index >= 15 is 0 Å². The molecule has 2 aliphatic rings. The van der Waals surface area contributed by atoms with E-state index in [0.29, 0.717) is 5.92 Å². The normalized spacial score (nSPS) is 23.4. The van der Waals surface area contributed by atoms with Gasteiger partial charge in [0.15, 0.2) is 0 Å². The summed E-state index contributed by atoms with van der Waals surface area (Å²) in [7, 11) is 0. The van der Waals surface area contributed by atoms with Crippen LogP contribution in [0.2, 0.25) is 0 Å². The molecule has 20 heavy (non-hydrogen) atoms. The number of nitrogens with one attached hydrogen (secondary N) is 2. The number of rotatable bonds is 5. The fourth-order valence-electron chi connectivity index (χ4n) is 3.41. The van der Waals surface area contributed by atoms with E-state index in [4.69, 9.17) is 5.11 Å². The predicted octanol–water partition coefficient (Wildman–Crippen LogP) is 2.65. The molecular weight excluding hydrogens is 256 g/mol. The zero-order chi connectivity index (χ0) is 14.6. The Hall–Kier alpha value is -1.26. The van der Waals surface area contributed by atoms with Gasteiger partial charge in [-0.15, -0.1) is 0 Å². The fourth-order valence-corrected chi connectivity index (χ4v) is 3.41. The summed E-state index contributed by atoms with van der Waals surface area (Å²) >= 11 is 0. The van der Waals surface area contributed by atoms with Gasteiger partial charge in [0.1, 0.15) is 0 Å². The number of hydrogen-bond acceptors (Lipinski definition) is 2. The second kappa shape index (κ2) is 6.46. The second-order valence-electron chi connectivity index (χ2n) is 6.49. The Kier molecular flexibility index (Phi) is 4.89. The first-order valence-electron chi connectivity index (χ1n) is 7.81. The number of carboxylic acids is 1. The van der Waals surface area contributed by atoms with Crippen molar-refractivity contribution < 1.29 is 14.7 Å². The first kappa shape index (κ1) is 15.1. The van der Waals surface area contributed by atoms with Gasteiger partial charge in [-0.2, -0.15) is 0 Å². The molecule has 0 aromatic heterocycles. The van der Waals surface area contributed by atoms with E-state index in [1.807, 2.05) is 6.92 Å². The Balaban J connectivity index is 1.89. The molecule has 0 heterocycles. The van der Waals surface area contributed by atoms with Crippen LogP contribution in [0.5, 0.6) is 0 Å². The van der Waals surface area contributed by atoms with Gasteiger partial charge in [0.25, 0.3) is 0 Å². The lowest BCUT2D eigenvalue weighted by molar-refractivity contribution is -0.139. The molecule has 0 spiro atoms. The molecule has 1 unspecified atom stereocenters. The Bertz CT molecular complexity index is 360. The summed E-state index contributed by atoms with van der Waals surface area (Å²) in [6.07, 6.45) is 8.29. The van der Waals surface area contributed by atoms with Crippen LogP contribution in [0.25, 0.3) is 0 Å². The van der Waals surface area contributed by atoms with Crippen LogP contribution in [0.1, 0.15) is 64.7 Å². The van der Waals surface area contributed by atoms with Gasteiger partial charge in [-0.1, -0.05) is 25.7 Å². The van der Waals surface area contributed by atoms with Crippen molar-refractivity contribution in [3.63, 3.8) is 0 Å². The molecule has 114 valence electrons. The zero-order valence-electron chi connectivity index (χ0n) is 12.3. The minimum atomic E-state index is -0.834. The van der Waals surface area contributed by atoms with Gasteiger partial charge >= 0.3 is 12.0 Å². The Labute approximate surface area is 120 Å². The van der Waals surface area contributed by atoms with E-state index in [9.17, 15) is 9.59 Å². The summed E-state index contributed by atoms with van der Waals surface area (Å²) in [6.45, 7) is 2.04. The van der Waals surface area contributed by atoms with Crippen molar-refractivity contribution in [2.45, 2.75) is 76.3 Å². The van der Waals surface area contributed by atoms with Crippen molar-refractivity contribution in [1.82, 2.24) is 10.6 Å². The number of carbonyl (C=O) groups is 2. The molecule has 2 rings (SSSR count). The lowest BCUT2D eigenvalue weighted by atomic mass is 9.79. The van der Waals surface area contributed by atoms with Crippen LogP contribution >= 0.6 is 0 Å². The average Bonchev–Trinajstić information content (AvgIpc) is 2.25. The van der Waals surface area contributed by atoms with E-state index in [2.05, 4.69) is 10.6 Å². The molecule has 5 nitrogen and oxygen atoms in total. The quantitative estimate of drug-likeness (QED) is 0.725. The summed E-state index contributed by atoms with van der Waals surface area (Å²) < 4.78 is 0. The maximum absolute atomic E-state index is 12.1. The molecule has 0 saturated heterocycles. The molecule has 0 aromatic rings. The van der Waals surface area contributed by atoms with Crippen LogP contribution < -0.4 is 10.6 Å². The van der Waals surface area contributed by atoms with Crippen molar-refractivity contribution >= 4 is 12.0 Å². The van der Waals surface area contributed by atoms with Crippen LogP contribution in [0.15, 0.2) is 0 Å². The minimum absolute atomic E-state index is 0.0260. The standard InChI is InChI=1S/C15H26N2O3/c1-11(12-6-5-7-12)16-14(20)17-15(10-13(18)19)8-3-2-4-9-15/h11-12H,2-10H2,1H3,(H,18,19)(H2,16,17,20). The van der Waals surface area contributed by atoms with E-state index in [-0.39, 0.29) is 18.5 Å². The predicted molar refractivity (Wildman–Crippen MR) is 76.5 cm³/mol. The molecular formula is C15H26N2O3. The monoisotopic (exact) mass is 282 g/mol. The van der Waals surface area contributed by atoms with Gasteiger partial charge in [-0.05, 0) is 38.5 Å². The summed E-state index contributed by atoms with van der Waals surface area (Å²) in [6, 6.07) is -0.0261. The highest BCUT2D eigenvalue weighted by Gasteiger charge is 2.36. The van der Waals surface area contributed by atoms with E-state index in [1.54, 1.807) is 0 Å². The van der Waals surface area contributed by atoms with Crippen molar-refractivity contribution in [3.8, 4) is 0 Å². The summed E-state index contributed by atoms with van der Waals surface area (Å²) in [5.41, 5.74) is -0.548. The summed E-state index contributed by atoms with van der Waals surface area (Å²) in [5.74, 6) is -0.248. The van der Waals surface area contributed by atoms with Gasteiger partial charge in [-0.25, -0.2) is 4.79 Å². The molecule has 2 fully saturated rings. The smallest absolute Gasteiger partial charge is 0.315 e. The van der Waals surface area contributed by atoms with Gasteiger partial charge in [0, 0.05) is 6.04 Å². The van der Waals surface area contributed by atoms with Crippen molar-refractivity contribution in [3.05, 3.63) is 0 Å². The third-order valence-corrected chi connectivity index (χ3v) is 4.89. The van der Waals surface area contributed by atoms with Gasteiger partial charge in [-0.3, -0.25) is 4.79 Å². The first-order valence-corrected chi connectivity index (χ1v) is 7.81. The SMILES string of the molecule is CC(NC(=O)NC1(CC(=O)O)CCCCC1)C1CCC1. The van der Waals surface area contributed by atoms with Crippen LogP contribution in [0, 0.1) is 5.92 Å². The van der Waals surface area contributed by atoms with Crippen LogP contribution in [0.3, 0.4) is 0 Å². The molecule has 2 amide bonds. The van der Waals surface area contributed by atoms with Crippen molar-refractivity contribution in [2.75, 3.05) is 0 Å². The third kappa shape index (κ3) is 3.87. The maximum atomic E-state index is 12.1. The van der Waals surface area contributed by atoms with Gasteiger partial charge < -0.3 is 15.7 Å². The van der Waals surface area contributed by atoms with E-state index in [0.717, 1.165) is 32.1 Å². The highest BCUT2D eigenvalue weighted by atomic mass is 16.4. The van der Waals surface area contributed by atoms with Crippen LogP contribution in [-0.2, 0) is 4.79 Å². The Morgan fingerprint density at radius 3 is 2.35 bits per heavy atom. The molecule has 3 N–H and O–H groups in total. The van der Waals surface area contributed by atoms with Gasteiger partial charge in [0.2, 0.25) is 0 Å². The Morgan fingerprint density at radius 2 is 1.85 bits per heavy atom. The lowest BCUT2D eigenvalue weighted by Gasteiger charge is -2.38. The number of amides is 2. The van der Waals surface area contributed by atoms with Gasteiger partial charge in [0.05, 0.1) is 12.0 Å². The van der Waals surface area contributed by atoms with Crippen LogP contribution in [-0.4, -0.2) is 28.7 Å². The minimum Gasteiger partial charge on any atom is -0.481 e. The van der Waals surface area contributed by atoms with Crippen LogP contribution in [0.4, 0.5) is 4.79 Å². The van der Waals surface area contributed by atoms with E-state index < -0.39 is 11.5 Å². The highest BCUT2D eigenvalue weighted by Crippen LogP contribution is 2.32.